The first kappa shape index (κ1) is 15.0. The SMILES string of the molecule is O=C(Nc1nccc2[nH]c(-c3c(F)cccc3Cl)nc12)C1CC1F. The molecule has 0 saturated heterocycles. The molecule has 0 aliphatic heterocycles. The molecule has 1 saturated carbocycles. The zero-order valence-corrected chi connectivity index (χ0v) is 12.9. The van der Waals surface area contributed by atoms with Crippen LogP contribution in [0.4, 0.5) is 14.6 Å². The van der Waals surface area contributed by atoms with Gasteiger partial charge < -0.3 is 10.3 Å². The van der Waals surface area contributed by atoms with Crippen LogP contribution in [-0.2, 0) is 4.79 Å². The number of hydrogen-bond acceptors (Lipinski definition) is 3. The van der Waals surface area contributed by atoms with Gasteiger partial charge in [-0.25, -0.2) is 18.7 Å². The number of aromatic amines is 1. The number of amides is 1. The molecule has 2 heterocycles. The lowest BCUT2D eigenvalue weighted by atomic mass is 10.2. The molecule has 0 radical (unpaired) electrons. The fourth-order valence-corrected chi connectivity index (χ4v) is 2.77. The number of anilines is 1. The van der Waals surface area contributed by atoms with Gasteiger partial charge >= 0.3 is 0 Å². The average Bonchev–Trinajstić information content (AvgIpc) is 3.11. The van der Waals surface area contributed by atoms with Crippen molar-refractivity contribution >= 4 is 34.4 Å². The number of aromatic nitrogens is 3. The average molecular weight is 349 g/mol. The molecule has 4 rings (SSSR count). The third-order valence-electron chi connectivity index (χ3n) is 3.89. The number of pyridine rings is 1. The molecule has 3 aromatic rings. The van der Waals surface area contributed by atoms with Crippen molar-refractivity contribution in [1.29, 1.82) is 0 Å². The Balaban J connectivity index is 1.76. The summed E-state index contributed by atoms with van der Waals surface area (Å²) >= 11 is 6.05. The highest BCUT2D eigenvalue weighted by molar-refractivity contribution is 6.33. The molecule has 0 spiro atoms. The number of nitrogens with one attached hydrogen (secondary N) is 2. The van der Waals surface area contributed by atoms with E-state index in [0.29, 0.717) is 11.0 Å². The molecule has 122 valence electrons. The number of fused-ring (bicyclic) bond motifs is 1. The van der Waals surface area contributed by atoms with E-state index in [1.807, 2.05) is 0 Å². The van der Waals surface area contributed by atoms with Gasteiger partial charge in [0.05, 0.1) is 22.0 Å². The van der Waals surface area contributed by atoms with E-state index in [0.717, 1.165) is 0 Å². The van der Waals surface area contributed by atoms with Gasteiger partial charge in [0.1, 0.15) is 23.3 Å². The fourth-order valence-electron chi connectivity index (χ4n) is 2.51. The van der Waals surface area contributed by atoms with Crippen LogP contribution in [0.1, 0.15) is 6.42 Å². The third-order valence-corrected chi connectivity index (χ3v) is 4.21. The van der Waals surface area contributed by atoms with E-state index >= 15 is 0 Å². The van der Waals surface area contributed by atoms with Gasteiger partial charge in [-0.3, -0.25) is 4.79 Å². The molecule has 1 amide bonds. The maximum atomic E-state index is 14.1. The summed E-state index contributed by atoms with van der Waals surface area (Å²) in [4.78, 5) is 23.2. The maximum Gasteiger partial charge on any atom is 0.231 e. The van der Waals surface area contributed by atoms with Gasteiger partial charge in [0.15, 0.2) is 5.82 Å². The summed E-state index contributed by atoms with van der Waals surface area (Å²) in [5.74, 6) is -1.16. The summed E-state index contributed by atoms with van der Waals surface area (Å²) in [7, 11) is 0. The summed E-state index contributed by atoms with van der Waals surface area (Å²) in [5, 5.41) is 2.79. The second-order valence-corrected chi connectivity index (χ2v) is 5.99. The minimum absolute atomic E-state index is 0.138. The molecule has 8 heteroatoms. The molecule has 2 atom stereocenters. The van der Waals surface area contributed by atoms with E-state index in [9.17, 15) is 13.6 Å². The van der Waals surface area contributed by atoms with E-state index in [2.05, 4.69) is 20.3 Å². The second kappa shape index (κ2) is 5.52. The van der Waals surface area contributed by atoms with Crippen LogP contribution in [0.2, 0.25) is 5.02 Å². The normalized spacial score (nSPS) is 19.5. The highest BCUT2D eigenvalue weighted by Crippen LogP contribution is 2.35. The first-order valence-corrected chi connectivity index (χ1v) is 7.66. The highest BCUT2D eigenvalue weighted by atomic mass is 35.5. The molecule has 2 aromatic heterocycles. The molecule has 1 fully saturated rings. The van der Waals surface area contributed by atoms with Gasteiger partial charge in [0, 0.05) is 6.20 Å². The van der Waals surface area contributed by atoms with Crippen molar-refractivity contribution in [2.75, 3.05) is 5.32 Å². The third kappa shape index (κ3) is 2.50. The van der Waals surface area contributed by atoms with Gasteiger partial charge in [-0.2, -0.15) is 0 Å². The standard InChI is InChI=1S/C16H11ClF2N4O/c17-8-2-1-3-9(18)12(8)14-21-11-4-5-20-15(13(11)22-14)23-16(24)7-6-10(7)19/h1-5,7,10H,6H2,(H,21,22)(H,20,23,24). The number of rotatable bonds is 3. The largest absolute Gasteiger partial charge is 0.338 e. The van der Waals surface area contributed by atoms with Crippen LogP contribution in [0.3, 0.4) is 0 Å². The summed E-state index contributed by atoms with van der Waals surface area (Å²) < 4.78 is 27.1. The number of hydrogen-bond donors (Lipinski definition) is 2. The molecular formula is C16H11ClF2N4O. The number of carbonyl (C=O) groups is 1. The van der Waals surface area contributed by atoms with Crippen molar-refractivity contribution in [2.45, 2.75) is 12.6 Å². The topological polar surface area (TPSA) is 70.7 Å². The van der Waals surface area contributed by atoms with E-state index in [1.165, 1.54) is 18.3 Å². The van der Waals surface area contributed by atoms with Crippen LogP contribution in [0, 0.1) is 11.7 Å². The Morgan fingerprint density at radius 3 is 2.88 bits per heavy atom. The predicted octanol–water partition coefficient (Wildman–Crippen LogP) is 3.71. The lowest BCUT2D eigenvalue weighted by molar-refractivity contribution is -0.117. The summed E-state index contributed by atoms with van der Waals surface area (Å²) in [6, 6.07) is 5.98. The number of nitrogens with zero attached hydrogens (tertiary/aromatic N) is 2. The Morgan fingerprint density at radius 1 is 1.38 bits per heavy atom. The maximum absolute atomic E-state index is 14.1. The summed E-state index contributed by atoms with van der Waals surface area (Å²) in [6.45, 7) is 0. The van der Waals surface area contributed by atoms with Crippen LogP contribution in [-0.4, -0.2) is 27.0 Å². The second-order valence-electron chi connectivity index (χ2n) is 5.59. The quantitative estimate of drug-likeness (QED) is 0.758. The monoisotopic (exact) mass is 348 g/mol. The minimum atomic E-state index is -1.10. The molecule has 24 heavy (non-hydrogen) atoms. The Morgan fingerprint density at radius 2 is 2.17 bits per heavy atom. The van der Waals surface area contributed by atoms with Crippen molar-refractivity contribution in [2.24, 2.45) is 5.92 Å². The molecule has 2 unspecified atom stereocenters. The first-order valence-electron chi connectivity index (χ1n) is 7.28. The number of alkyl halides is 1. The highest BCUT2D eigenvalue weighted by Gasteiger charge is 2.43. The predicted molar refractivity (Wildman–Crippen MR) is 85.9 cm³/mol. The lowest BCUT2D eigenvalue weighted by Crippen LogP contribution is -2.16. The van der Waals surface area contributed by atoms with Gasteiger partial charge in [-0.1, -0.05) is 17.7 Å². The lowest BCUT2D eigenvalue weighted by Gasteiger charge is -2.03. The van der Waals surface area contributed by atoms with E-state index in [4.69, 9.17) is 11.6 Å². The number of carbonyl (C=O) groups excluding carboxylic acids is 1. The number of imidazole rings is 1. The van der Waals surface area contributed by atoms with E-state index in [-0.39, 0.29) is 28.6 Å². The molecule has 5 nitrogen and oxygen atoms in total. The molecule has 0 bridgehead atoms. The minimum Gasteiger partial charge on any atom is -0.338 e. The number of H-pyrrole nitrogens is 1. The van der Waals surface area contributed by atoms with Crippen molar-refractivity contribution in [3.63, 3.8) is 0 Å². The van der Waals surface area contributed by atoms with Crippen molar-refractivity contribution in [3.05, 3.63) is 41.3 Å². The zero-order chi connectivity index (χ0) is 16.8. The molecule has 2 N–H and O–H groups in total. The first-order chi connectivity index (χ1) is 11.5. The van der Waals surface area contributed by atoms with Gasteiger partial charge in [0.2, 0.25) is 5.91 Å². The van der Waals surface area contributed by atoms with Crippen LogP contribution >= 0.6 is 11.6 Å². The molecule has 1 aliphatic rings. The molecule has 1 aromatic carbocycles. The Hall–Kier alpha value is -2.54. The molecule has 1 aliphatic carbocycles. The smallest absolute Gasteiger partial charge is 0.231 e. The van der Waals surface area contributed by atoms with Crippen molar-refractivity contribution < 1.29 is 13.6 Å². The van der Waals surface area contributed by atoms with Gasteiger partial charge in [-0.05, 0) is 24.6 Å². The van der Waals surface area contributed by atoms with E-state index in [1.54, 1.807) is 12.1 Å². The van der Waals surface area contributed by atoms with Gasteiger partial charge in [-0.15, -0.1) is 0 Å². The molecular weight excluding hydrogens is 338 g/mol. The van der Waals surface area contributed by atoms with Crippen LogP contribution in [0.5, 0.6) is 0 Å². The van der Waals surface area contributed by atoms with Crippen LogP contribution in [0.15, 0.2) is 30.5 Å². The number of benzene rings is 1. The van der Waals surface area contributed by atoms with E-state index < -0.39 is 23.8 Å². The Kier molecular flexibility index (Phi) is 3.45. The Bertz CT molecular complexity index is 938. The number of halogens is 3. The van der Waals surface area contributed by atoms with Gasteiger partial charge in [0.25, 0.3) is 0 Å². The summed E-state index contributed by atoms with van der Waals surface area (Å²) in [5.41, 5.74) is 1.05. The van der Waals surface area contributed by atoms with Crippen molar-refractivity contribution in [1.82, 2.24) is 15.0 Å². The van der Waals surface area contributed by atoms with Crippen LogP contribution in [0.25, 0.3) is 22.4 Å². The zero-order valence-electron chi connectivity index (χ0n) is 12.2. The Labute approximate surface area is 140 Å². The van der Waals surface area contributed by atoms with Crippen LogP contribution < -0.4 is 5.32 Å². The fraction of sp³-hybridized carbons (Fsp3) is 0.188. The summed E-state index contributed by atoms with van der Waals surface area (Å²) in [6.07, 6.45) is 0.595. The van der Waals surface area contributed by atoms with Crippen molar-refractivity contribution in [3.8, 4) is 11.4 Å².